The Kier molecular flexibility index (Phi) is 3.88. The molecule has 1 aromatic rings. The molecule has 0 radical (unpaired) electrons. The van der Waals surface area contributed by atoms with E-state index in [0.717, 1.165) is 31.5 Å². The lowest BCUT2D eigenvalue weighted by Crippen LogP contribution is -2.43. The van der Waals surface area contributed by atoms with Crippen LogP contribution in [0.25, 0.3) is 0 Å². The fourth-order valence-electron chi connectivity index (χ4n) is 2.34. The van der Waals surface area contributed by atoms with Crippen molar-refractivity contribution >= 4 is 0 Å². The molecule has 2 atom stereocenters. The van der Waals surface area contributed by atoms with Gasteiger partial charge in [-0.2, -0.15) is 0 Å². The average molecular weight is 221 g/mol. The van der Waals surface area contributed by atoms with Gasteiger partial charge in [-0.1, -0.05) is 6.07 Å². The summed E-state index contributed by atoms with van der Waals surface area (Å²) >= 11 is 0. The number of aliphatic hydroxyl groups is 1. The van der Waals surface area contributed by atoms with Crippen LogP contribution in [0.1, 0.15) is 24.4 Å². The van der Waals surface area contributed by atoms with Gasteiger partial charge in [-0.15, -0.1) is 0 Å². The highest BCUT2D eigenvalue weighted by atomic mass is 16.3. The van der Waals surface area contributed by atoms with E-state index in [2.05, 4.69) is 9.88 Å². The third kappa shape index (κ3) is 2.58. The van der Waals surface area contributed by atoms with E-state index < -0.39 is 0 Å². The van der Waals surface area contributed by atoms with Gasteiger partial charge in [-0.3, -0.25) is 9.88 Å². The van der Waals surface area contributed by atoms with Gasteiger partial charge in [-0.25, -0.2) is 0 Å². The van der Waals surface area contributed by atoms with E-state index in [1.807, 2.05) is 18.3 Å². The van der Waals surface area contributed by atoms with Crippen molar-refractivity contribution in [3.8, 4) is 0 Å². The van der Waals surface area contributed by atoms with Crippen molar-refractivity contribution in [1.82, 2.24) is 9.88 Å². The van der Waals surface area contributed by atoms with Gasteiger partial charge in [0.1, 0.15) is 0 Å². The second-order valence-electron chi connectivity index (χ2n) is 4.33. The molecule has 1 fully saturated rings. The largest absolute Gasteiger partial charge is 0.392 e. The van der Waals surface area contributed by atoms with Crippen LogP contribution in [0.3, 0.4) is 0 Å². The molecule has 16 heavy (non-hydrogen) atoms. The van der Waals surface area contributed by atoms with Crippen LogP contribution < -0.4 is 5.73 Å². The van der Waals surface area contributed by atoms with E-state index in [1.165, 1.54) is 0 Å². The summed E-state index contributed by atoms with van der Waals surface area (Å²) < 4.78 is 0. The molecule has 0 amide bonds. The second kappa shape index (κ2) is 5.39. The zero-order chi connectivity index (χ0) is 11.4. The minimum absolute atomic E-state index is 0.184. The van der Waals surface area contributed by atoms with E-state index in [9.17, 15) is 5.11 Å². The summed E-state index contributed by atoms with van der Waals surface area (Å²) in [6.45, 7) is 2.29. The second-order valence-corrected chi connectivity index (χ2v) is 4.33. The van der Waals surface area contributed by atoms with Gasteiger partial charge in [0, 0.05) is 31.5 Å². The summed E-state index contributed by atoms with van der Waals surface area (Å²) in [7, 11) is 0. The van der Waals surface area contributed by atoms with E-state index in [1.54, 1.807) is 6.20 Å². The molecule has 1 saturated heterocycles. The zero-order valence-electron chi connectivity index (χ0n) is 9.42. The molecular formula is C12H19N3O. The Hall–Kier alpha value is -0.970. The van der Waals surface area contributed by atoms with Gasteiger partial charge in [0.05, 0.1) is 6.10 Å². The smallest absolute Gasteiger partial charge is 0.0667 e. The first-order valence-corrected chi connectivity index (χ1v) is 5.83. The van der Waals surface area contributed by atoms with Crippen molar-refractivity contribution in [3.63, 3.8) is 0 Å². The van der Waals surface area contributed by atoms with E-state index in [-0.39, 0.29) is 12.1 Å². The quantitative estimate of drug-likeness (QED) is 0.782. The van der Waals surface area contributed by atoms with Gasteiger partial charge in [-0.05, 0) is 31.0 Å². The Labute approximate surface area is 96.1 Å². The number of aromatic nitrogens is 1. The molecule has 2 rings (SSSR count). The minimum atomic E-state index is -0.209. The summed E-state index contributed by atoms with van der Waals surface area (Å²) in [4.78, 5) is 6.38. The standard InChI is InChI=1S/C12H19N3O/c13-7-12(10-3-1-5-14-8-10)15-6-2-4-11(16)9-15/h1,3,5,8,11-12,16H,2,4,6-7,9,13H2. The number of pyridine rings is 1. The number of nitrogens with zero attached hydrogens (tertiary/aromatic N) is 2. The van der Waals surface area contributed by atoms with E-state index in [4.69, 9.17) is 5.73 Å². The minimum Gasteiger partial charge on any atom is -0.392 e. The predicted molar refractivity (Wildman–Crippen MR) is 62.8 cm³/mol. The summed E-state index contributed by atoms with van der Waals surface area (Å²) in [5.74, 6) is 0. The first kappa shape index (κ1) is 11.5. The van der Waals surface area contributed by atoms with Crippen molar-refractivity contribution in [2.75, 3.05) is 19.6 Å². The number of rotatable bonds is 3. The molecule has 2 unspecified atom stereocenters. The van der Waals surface area contributed by atoms with Gasteiger partial charge < -0.3 is 10.8 Å². The number of hydrogen-bond acceptors (Lipinski definition) is 4. The van der Waals surface area contributed by atoms with Gasteiger partial charge in [0.15, 0.2) is 0 Å². The van der Waals surface area contributed by atoms with Crippen molar-refractivity contribution < 1.29 is 5.11 Å². The molecule has 3 N–H and O–H groups in total. The molecule has 88 valence electrons. The maximum absolute atomic E-state index is 9.67. The highest BCUT2D eigenvalue weighted by Gasteiger charge is 2.24. The fourth-order valence-corrected chi connectivity index (χ4v) is 2.34. The lowest BCUT2D eigenvalue weighted by atomic mass is 10.0. The summed E-state index contributed by atoms with van der Waals surface area (Å²) in [5.41, 5.74) is 6.97. The third-order valence-corrected chi connectivity index (χ3v) is 3.16. The normalized spacial score (nSPS) is 24.2. The molecular weight excluding hydrogens is 202 g/mol. The van der Waals surface area contributed by atoms with Crippen LogP contribution in [-0.4, -0.2) is 40.7 Å². The molecule has 0 bridgehead atoms. The Balaban J connectivity index is 2.10. The maximum Gasteiger partial charge on any atom is 0.0667 e. The molecule has 0 spiro atoms. The first-order valence-electron chi connectivity index (χ1n) is 5.83. The van der Waals surface area contributed by atoms with Gasteiger partial charge >= 0.3 is 0 Å². The molecule has 4 nitrogen and oxygen atoms in total. The first-order chi connectivity index (χ1) is 7.81. The number of nitrogens with two attached hydrogens (primary N) is 1. The molecule has 0 saturated carbocycles. The van der Waals surface area contributed by atoms with Crippen LogP contribution in [0.2, 0.25) is 0 Å². The van der Waals surface area contributed by atoms with Crippen molar-refractivity contribution in [1.29, 1.82) is 0 Å². The van der Waals surface area contributed by atoms with Crippen LogP contribution >= 0.6 is 0 Å². The molecule has 2 heterocycles. The average Bonchev–Trinajstić information content (AvgIpc) is 2.31. The SMILES string of the molecule is NCC(c1cccnc1)N1CCCC(O)C1. The zero-order valence-corrected chi connectivity index (χ0v) is 9.42. The summed E-state index contributed by atoms with van der Waals surface area (Å²) in [6.07, 6.45) is 5.36. The number of piperidine rings is 1. The highest BCUT2D eigenvalue weighted by molar-refractivity contribution is 5.14. The monoisotopic (exact) mass is 221 g/mol. The molecule has 1 aliphatic heterocycles. The Bertz CT molecular complexity index is 317. The summed E-state index contributed by atoms with van der Waals surface area (Å²) in [6, 6.07) is 4.16. The topological polar surface area (TPSA) is 62.4 Å². The fraction of sp³-hybridized carbons (Fsp3) is 0.583. The van der Waals surface area contributed by atoms with Crippen LogP contribution in [0.4, 0.5) is 0 Å². The number of aliphatic hydroxyl groups excluding tert-OH is 1. The van der Waals surface area contributed by atoms with E-state index in [0.29, 0.717) is 6.54 Å². The molecule has 1 aromatic heterocycles. The molecule has 0 aromatic carbocycles. The Morgan fingerprint density at radius 3 is 3.12 bits per heavy atom. The van der Waals surface area contributed by atoms with Crippen LogP contribution in [-0.2, 0) is 0 Å². The van der Waals surface area contributed by atoms with Crippen LogP contribution in [0, 0.1) is 0 Å². The summed E-state index contributed by atoms with van der Waals surface area (Å²) in [5, 5.41) is 9.67. The Morgan fingerprint density at radius 2 is 2.50 bits per heavy atom. The number of hydrogen-bond donors (Lipinski definition) is 2. The molecule has 0 aliphatic carbocycles. The Morgan fingerprint density at radius 1 is 1.62 bits per heavy atom. The molecule has 4 heteroatoms. The number of likely N-dealkylation sites (tertiary alicyclic amines) is 1. The molecule has 1 aliphatic rings. The lowest BCUT2D eigenvalue weighted by molar-refractivity contribution is 0.0479. The third-order valence-electron chi connectivity index (χ3n) is 3.16. The van der Waals surface area contributed by atoms with Crippen molar-refractivity contribution in [3.05, 3.63) is 30.1 Å². The lowest BCUT2D eigenvalue weighted by Gasteiger charge is -2.36. The van der Waals surface area contributed by atoms with Crippen molar-refractivity contribution in [2.45, 2.75) is 25.0 Å². The number of β-amino-alcohol motifs (C(OH)–C–C–N with tert-alkyl or cyclic N) is 1. The maximum atomic E-state index is 9.67. The predicted octanol–water partition coefficient (Wildman–Crippen LogP) is 0.538. The van der Waals surface area contributed by atoms with E-state index >= 15 is 0 Å². The van der Waals surface area contributed by atoms with Gasteiger partial charge in [0.25, 0.3) is 0 Å². The van der Waals surface area contributed by atoms with Crippen LogP contribution in [0.5, 0.6) is 0 Å². The van der Waals surface area contributed by atoms with Crippen LogP contribution in [0.15, 0.2) is 24.5 Å². The van der Waals surface area contributed by atoms with Crippen molar-refractivity contribution in [2.24, 2.45) is 5.73 Å². The highest BCUT2D eigenvalue weighted by Crippen LogP contribution is 2.23. The van der Waals surface area contributed by atoms with Gasteiger partial charge in [0.2, 0.25) is 0 Å².